The smallest absolute Gasteiger partial charge is 0.143 e. The van der Waals surface area contributed by atoms with E-state index in [9.17, 15) is 4.79 Å². The Morgan fingerprint density at radius 1 is 1.33 bits per heavy atom. The predicted octanol–water partition coefficient (Wildman–Crippen LogP) is 3.49. The molecule has 0 saturated carbocycles. The summed E-state index contributed by atoms with van der Waals surface area (Å²) in [7, 11) is 0. The first-order valence-corrected chi connectivity index (χ1v) is 6.95. The van der Waals surface area contributed by atoms with Crippen LogP contribution in [-0.4, -0.2) is 18.9 Å². The number of ketones is 1. The lowest BCUT2D eigenvalue weighted by molar-refractivity contribution is -0.128. The van der Waals surface area contributed by atoms with Crippen molar-refractivity contribution in [3.8, 4) is 0 Å². The van der Waals surface area contributed by atoms with Gasteiger partial charge in [0.25, 0.3) is 0 Å². The summed E-state index contributed by atoms with van der Waals surface area (Å²) in [6, 6.07) is 5.31. The highest BCUT2D eigenvalue weighted by Crippen LogP contribution is 2.31. The maximum absolute atomic E-state index is 12.4. The number of piperidine rings is 1. The van der Waals surface area contributed by atoms with Crippen molar-refractivity contribution in [1.82, 2.24) is 5.32 Å². The second-order valence-corrected chi connectivity index (χ2v) is 5.99. The van der Waals surface area contributed by atoms with Crippen molar-refractivity contribution in [2.45, 2.75) is 26.2 Å². The van der Waals surface area contributed by atoms with E-state index in [1.165, 1.54) is 0 Å². The fourth-order valence-electron chi connectivity index (χ4n) is 2.31. The van der Waals surface area contributed by atoms with Crippen molar-refractivity contribution in [2.75, 3.05) is 13.1 Å². The summed E-state index contributed by atoms with van der Waals surface area (Å²) in [5.74, 6) is 0.272. The normalized spacial score (nSPS) is 18.6. The van der Waals surface area contributed by atoms with Crippen LogP contribution in [-0.2, 0) is 11.2 Å². The number of Topliss-reactive ketones (excluding diaryl/α,β-unsaturated/α-hetero) is 1. The number of rotatable bonds is 3. The van der Waals surface area contributed by atoms with Crippen molar-refractivity contribution in [3.63, 3.8) is 0 Å². The van der Waals surface area contributed by atoms with Crippen LogP contribution < -0.4 is 5.32 Å². The molecule has 1 N–H and O–H groups in total. The van der Waals surface area contributed by atoms with Gasteiger partial charge in [-0.1, -0.05) is 36.2 Å². The molecule has 98 valence electrons. The number of carbonyl (C=O) groups is 1. The molecule has 2 nitrogen and oxygen atoms in total. The fourth-order valence-corrected chi connectivity index (χ4v) is 2.78. The second kappa shape index (κ2) is 5.60. The van der Waals surface area contributed by atoms with Crippen molar-refractivity contribution < 1.29 is 4.79 Å². The molecule has 0 unspecified atom stereocenters. The molecule has 0 spiro atoms. The molecule has 0 radical (unpaired) electrons. The zero-order valence-corrected chi connectivity index (χ0v) is 11.9. The highest BCUT2D eigenvalue weighted by molar-refractivity contribution is 6.35. The van der Waals surface area contributed by atoms with Crippen LogP contribution in [0, 0.1) is 5.41 Å². The minimum atomic E-state index is -0.214. The molecular formula is C14H17Cl2NO. The molecule has 0 aliphatic carbocycles. The molecular weight excluding hydrogens is 269 g/mol. The Morgan fingerprint density at radius 3 is 2.61 bits per heavy atom. The van der Waals surface area contributed by atoms with Gasteiger partial charge in [0.05, 0.1) is 0 Å². The quantitative estimate of drug-likeness (QED) is 0.921. The average molecular weight is 286 g/mol. The standard InChI is InChI=1S/C14H17Cl2NO/c1-14(4-6-17-7-5-14)13(18)8-10-2-3-11(15)9-12(10)16/h2-3,9,17H,4-8H2,1H3. The summed E-state index contributed by atoms with van der Waals surface area (Å²) in [5.41, 5.74) is 0.652. The molecule has 0 bridgehead atoms. The van der Waals surface area contributed by atoms with Crippen molar-refractivity contribution in [3.05, 3.63) is 33.8 Å². The van der Waals surface area contributed by atoms with E-state index in [1.807, 2.05) is 6.07 Å². The third-order valence-corrected chi connectivity index (χ3v) is 4.33. The lowest BCUT2D eigenvalue weighted by Gasteiger charge is -2.32. The number of benzene rings is 1. The molecule has 0 atom stereocenters. The van der Waals surface area contributed by atoms with Gasteiger partial charge < -0.3 is 5.32 Å². The molecule has 2 rings (SSSR count). The highest BCUT2D eigenvalue weighted by Gasteiger charge is 2.34. The third-order valence-electron chi connectivity index (χ3n) is 3.75. The molecule has 1 aromatic carbocycles. The average Bonchev–Trinajstić information content (AvgIpc) is 2.33. The Bertz CT molecular complexity index is 453. The van der Waals surface area contributed by atoms with Gasteiger partial charge >= 0.3 is 0 Å². The lowest BCUT2D eigenvalue weighted by atomic mass is 9.75. The molecule has 18 heavy (non-hydrogen) atoms. The summed E-state index contributed by atoms with van der Waals surface area (Å²) in [4.78, 5) is 12.4. The topological polar surface area (TPSA) is 29.1 Å². The molecule has 1 saturated heterocycles. The number of halogens is 2. The minimum absolute atomic E-state index is 0.214. The van der Waals surface area contributed by atoms with Crippen LogP contribution in [0.3, 0.4) is 0 Å². The summed E-state index contributed by atoms with van der Waals surface area (Å²) >= 11 is 12.0. The van der Waals surface area contributed by atoms with E-state index in [0.717, 1.165) is 31.5 Å². The maximum atomic E-state index is 12.4. The van der Waals surface area contributed by atoms with E-state index in [2.05, 4.69) is 12.2 Å². The second-order valence-electron chi connectivity index (χ2n) is 5.15. The third kappa shape index (κ3) is 3.05. The molecule has 1 fully saturated rings. The Morgan fingerprint density at radius 2 is 2.00 bits per heavy atom. The number of nitrogens with one attached hydrogen (secondary N) is 1. The molecule has 1 aliphatic heterocycles. The van der Waals surface area contributed by atoms with Crippen LogP contribution in [0.1, 0.15) is 25.3 Å². The van der Waals surface area contributed by atoms with Crippen LogP contribution in [0.5, 0.6) is 0 Å². The number of hydrogen-bond acceptors (Lipinski definition) is 2. The Labute approximate surface area is 118 Å². The van der Waals surface area contributed by atoms with Crippen LogP contribution >= 0.6 is 23.2 Å². The maximum Gasteiger partial charge on any atom is 0.143 e. The Balaban J connectivity index is 2.11. The molecule has 1 aromatic rings. The summed E-state index contributed by atoms with van der Waals surface area (Å²) in [6.07, 6.45) is 2.20. The molecule has 1 heterocycles. The van der Waals surface area contributed by atoms with Crippen molar-refractivity contribution >= 4 is 29.0 Å². The van der Waals surface area contributed by atoms with Gasteiger partial charge in [0.15, 0.2) is 0 Å². The molecule has 0 aromatic heterocycles. The monoisotopic (exact) mass is 285 g/mol. The van der Waals surface area contributed by atoms with Crippen LogP contribution in [0.15, 0.2) is 18.2 Å². The van der Waals surface area contributed by atoms with Gasteiger partial charge in [-0.2, -0.15) is 0 Å². The van der Waals surface area contributed by atoms with Gasteiger partial charge in [0, 0.05) is 21.9 Å². The predicted molar refractivity (Wildman–Crippen MR) is 75.4 cm³/mol. The first-order chi connectivity index (χ1) is 8.51. The number of carbonyl (C=O) groups excluding carboxylic acids is 1. The highest BCUT2D eigenvalue weighted by atomic mass is 35.5. The van der Waals surface area contributed by atoms with Crippen LogP contribution in [0.25, 0.3) is 0 Å². The zero-order valence-electron chi connectivity index (χ0n) is 10.4. The SMILES string of the molecule is CC1(C(=O)Cc2ccc(Cl)cc2Cl)CCNCC1. The van der Waals surface area contributed by atoms with E-state index in [0.29, 0.717) is 16.5 Å². The van der Waals surface area contributed by atoms with Gasteiger partial charge in [-0.05, 0) is 43.6 Å². The van der Waals surface area contributed by atoms with Gasteiger partial charge in [0.2, 0.25) is 0 Å². The van der Waals surface area contributed by atoms with Gasteiger partial charge in [-0.15, -0.1) is 0 Å². The first kappa shape index (κ1) is 13.9. The van der Waals surface area contributed by atoms with Crippen LogP contribution in [0.4, 0.5) is 0 Å². The summed E-state index contributed by atoms with van der Waals surface area (Å²) in [5, 5.41) is 4.46. The molecule has 0 amide bonds. The summed E-state index contributed by atoms with van der Waals surface area (Å²) < 4.78 is 0. The van der Waals surface area contributed by atoms with Crippen molar-refractivity contribution in [2.24, 2.45) is 5.41 Å². The van der Waals surface area contributed by atoms with E-state index < -0.39 is 0 Å². The molecule has 4 heteroatoms. The Kier molecular flexibility index (Phi) is 4.31. The first-order valence-electron chi connectivity index (χ1n) is 6.19. The van der Waals surface area contributed by atoms with Crippen molar-refractivity contribution in [1.29, 1.82) is 0 Å². The summed E-state index contributed by atoms with van der Waals surface area (Å²) in [6.45, 7) is 3.88. The fraction of sp³-hybridized carbons (Fsp3) is 0.500. The Hall–Kier alpha value is -0.570. The van der Waals surface area contributed by atoms with Gasteiger partial charge in [0.1, 0.15) is 5.78 Å². The van der Waals surface area contributed by atoms with Gasteiger partial charge in [-0.3, -0.25) is 4.79 Å². The van der Waals surface area contributed by atoms with E-state index in [4.69, 9.17) is 23.2 Å². The zero-order chi connectivity index (χ0) is 13.2. The minimum Gasteiger partial charge on any atom is -0.317 e. The number of hydrogen-bond donors (Lipinski definition) is 1. The molecule has 1 aliphatic rings. The van der Waals surface area contributed by atoms with Gasteiger partial charge in [-0.25, -0.2) is 0 Å². The van der Waals surface area contributed by atoms with E-state index >= 15 is 0 Å². The van der Waals surface area contributed by atoms with E-state index in [-0.39, 0.29) is 11.2 Å². The largest absolute Gasteiger partial charge is 0.317 e. The van der Waals surface area contributed by atoms with Crippen LogP contribution in [0.2, 0.25) is 10.0 Å². The van der Waals surface area contributed by atoms with E-state index in [1.54, 1.807) is 12.1 Å². The lowest BCUT2D eigenvalue weighted by Crippen LogP contribution is -2.40.